The molecular formula is C46H46N4O. The Labute approximate surface area is 300 Å². The number of hydrogen-bond acceptors (Lipinski definition) is 3. The van der Waals surface area contributed by atoms with E-state index in [1.807, 2.05) is 12.3 Å². The van der Waals surface area contributed by atoms with E-state index < -0.39 is 0 Å². The molecular weight excluding hydrogens is 625 g/mol. The van der Waals surface area contributed by atoms with Crippen LogP contribution in [0.5, 0.6) is 11.5 Å². The Morgan fingerprint density at radius 1 is 0.608 bits per heavy atom. The number of rotatable bonds is 7. The molecule has 0 bridgehead atoms. The van der Waals surface area contributed by atoms with Crippen molar-refractivity contribution in [2.75, 3.05) is 0 Å². The number of ether oxygens (including phenoxy) is 1. The molecule has 0 unspecified atom stereocenters. The van der Waals surface area contributed by atoms with E-state index >= 15 is 0 Å². The normalized spacial score (nSPS) is 15.9. The number of fused-ring (bicyclic) bond motifs is 3. The highest BCUT2D eigenvalue weighted by molar-refractivity contribution is 6.09. The lowest BCUT2D eigenvalue weighted by atomic mass is 9.80. The van der Waals surface area contributed by atoms with Crippen LogP contribution in [0.15, 0.2) is 109 Å². The molecule has 5 heteroatoms. The summed E-state index contributed by atoms with van der Waals surface area (Å²) in [7, 11) is 0. The number of para-hydroxylation sites is 1. The number of pyridine rings is 1. The van der Waals surface area contributed by atoms with Crippen LogP contribution in [0.4, 0.5) is 0 Å². The van der Waals surface area contributed by atoms with E-state index in [2.05, 4.69) is 120 Å². The van der Waals surface area contributed by atoms with Crippen molar-refractivity contribution in [3.63, 3.8) is 0 Å². The molecule has 2 aliphatic rings. The summed E-state index contributed by atoms with van der Waals surface area (Å²) < 4.78 is 11.4. The van der Waals surface area contributed by atoms with Crippen LogP contribution in [0, 0.1) is 13.8 Å². The van der Waals surface area contributed by atoms with Crippen LogP contribution < -0.4 is 4.74 Å². The minimum absolute atomic E-state index is 0.489. The van der Waals surface area contributed by atoms with Gasteiger partial charge in [-0.1, -0.05) is 87.1 Å². The fourth-order valence-corrected chi connectivity index (χ4v) is 8.91. The summed E-state index contributed by atoms with van der Waals surface area (Å²) in [6.45, 7) is 4.29. The first-order valence-corrected chi connectivity index (χ1v) is 19.0. The zero-order chi connectivity index (χ0) is 34.3. The third-order valence-corrected chi connectivity index (χ3v) is 11.3. The maximum Gasteiger partial charge on any atom is 0.137 e. The van der Waals surface area contributed by atoms with Crippen molar-refractivity contribution in [2.45, 2.75) is 89.9 Å². The second kappa shape index (κ2) is 13.5. The molecule has 2 saturated carbocycles. The Morgan fingerprint density at radius 3 is 2.12 bits per heavy atom. The predicted octanol–water partition coefficient (Wildman–Crippen LogP) is 12.5. The molecule has 0 N–H and O–H groups in total. The van der Waals surface area contributed by atoms with Gasteiger partial charge in [0.2, 0.25) is 0 Å². The van der Waals surface area contributed by atoms with Crippen LogP contribution in [0.25, 0.3) is 44.4 Å². The Bertz CT molecular complexity index is 2340. The number of hydrogen-bond donors (Lipinski definition) is 0. The summed E-state index contributed by atoms with van der Waals surface area (Å²) >= 11 is 0. The molecule has 256 valence electrons. The molecule has 0 saturated heterocycles. The van der Waals surface area contributed by atoms with Crippen LogP contribution in [-0.4, -0.2) is 19.3 Å². The van der Waals surface area contributed by atoms with E-state index in [0.29, 0.717) is 11.8 Å². The van der Waals surface area contributed by atoms with Crippen LogP contribution in [0.1, 0.15) is 98.6 Å². The lowest BCUT2D eigenvalue weighted by molar-refractivity contribution is 0.428. The minimum Gasteiger partial charge on any atom is -0.457 e. The van der Waals surface area contributed by atoms with Gasteiger partial charge in [-0.15, -0.1) is 0 Å². The van der Waals surface area contributed by atoms with Crippen molar-refractivity contribution >= 4 is 21.8 Å². The molecule has 7 aromatic rings. The van der Waals surface area contributed by atoms with Crippen molar-refractivity contribution in [3.05, 3.63) is 132 Å². The van der Waals surface area contributed by atoms with E-state index in [-0.39, 0.29) is 0 Å². The molecule has 3 heterocycles. The summed E-state index contributed by atoms with van der Waals surface area (Å²) in [5.41, 5.74) is 11.0. The average molecular weight is 671 g/mol. The zero-order valence-electron chi connectivity index (χ0n) is 29.8. The second-order valence-electron chi connectivity index (χ2n) is 14.9. The molecule has 3 aromatic heterocycles. The second-order valence-corrected chi connectivity index (χ2v) is 14.9. The monoisotopic (exact) mass is 670 g/mol. The summed E-state index contributed by atoms with van der Waals surface area (Å²) in [5.74, 6) is 3.53. The number of benzene rings is 4. The van der Waals surface area contributed by atoms with Crippen LogP contribution in [-0.2, 0) is 0 Å². The zero-order valence-corrected chi connectivity index (χ0v) is 29.8. The molecule has 0 atom stereocenters. The van der Waals surface area contributed by atoms with E-state index in [1.54, 1.807) is 0 Å². The van der Waals surface area contributed by atoms with Gasteiger partial charge < -0.3 is 4.74 Å². The third-order valence-electron chi connectivity index (χ3n) is 11.3. The molecule has 9 rings (SSSR count). The summed E-state index contributed by atoms with van der Waals surface area (Å²) in [6, 6.07) is 36.9. The topological polar surface area (TPSA) is 44.9 Å². The van der Waals surface area contributed by atoms with Gasteiger partial charge in [0.05, 0.1) is 28.1 Å². The van der Waals surface area contributed by atoms with Gasteiger partial charge in [-0.25, -0.2) is 9.67 Å². The van der Waals surface area contributed by atoms with Gasteiger partial charge in [-0.2, -0.15) is 5.10 Å². The van der Waals surface area contributed by atoms with E-state index in [4.69, 9.17) is 14.8 Å². The number of aryl methyl sites for hydroxylation is 2. The molecule has 0 amide bonds. The van der Waals surface area contributed by atoms with Crippen molar-refractivity contribution in [2.24, 2.45) is 0 Å². The summed E-state index contributed by atoms with van der Waals surface area (Å²) in [6.07, 6.45) is 14.6. The van der Waals surface area contributed by atoms with Crippen molar-refractivity contribution < 1.29 is 4.74 Å². The molecule has 5 nitrogen and oxygen atoms in total. The first kappa shape index (κ1) is 31.8. The van der Waals surface area contributed by atoms with Crippen molar-refractivity contribution in [1.82, 2.24) is 19.3 Å². The molecule has 0 aliphatic heterocycles. The summed E-state index contributed by atoms with van der Waals surface area (Å²) in [5, 5.41) is 8.00. The fourth-order valence-electron chi connectivity index (χ4n) is 8.91. The molecule has 0 radical (unpaired) electrons. The van der Waals surface area contributed by atoms with Gasteiger partial charge in [0.15, 0.2) is 0 Å². The molecule has 0 spiro atoms. The third kappa shape index (κ3) is 6.03. The summed E-state index contributed by atoms with van der Waals surface area (Å²) in [4.78, 5) is 4.78. The van der Waals surface area contributed by atoms with Crippen LogP contribution in [0.2, 0.25) is 0 Å². The Morgan fingerprint density at radius 2 is 1.33 bits per heavy atom. The maximum atomic E-state index is 6.79. The van der Waals surface area contributed by atoms with Crippen molar-refractivity contribution in [3.8, 4) is 34.1 Å². The SMILES string of the molecule is Cc1cc(Oc2ccc3c4ccccc4n(-c4cc(C)ccn4)c3c2)cc(-n2nc(C3CCCCC3)c(-c3ccccc3)c2C2CCCCC2)c1. The Kier molecular flexibility index (Phi) is 8.43. The first-order chi connectivity index (χ1) is 25.1. The number of nitrogens with zero attached hydrogens (tertiary/aromatic N) is 4. The lowest BCUT2D eigenvalue weighted by Gasteiger charge is -2.25. The molecule has 4 aromatic carbocycles. The highest BCUT2D eigenvalue weighted by Gasteiger charge is 2.32. The highest BCUT2D eigenvalue weighted by Crippen LogP contribution is 2.46. The van der Waals surface area contributed by atoms with Crippen LogP contribution >= 0.6 is 0 Å². The fraction of sp³-hybridized carbons (Fsp3) is 0.304. The molecule has 2 fully saturated rings. The average Bonchev–Trinajstić information content (AvgIpc) is 3.73. The van der Waals surface area contributed by atoms with E-state index in [9.17, 15) is 0 Å². The largest absolute Gasteiger partial charge is 0.457 e. The van der Waals surface area contributed by atoms with Gasteiger partial charge >= 0.3 is 0 Å². The van der Waals surface area contributed by atoms with Gasteiger partial charge in [-0.3, -0.25) is 4.57 Å². The van der Waals surface area contributed by atoms with Gasteiger partial charge in [0, 0.05) is 46.5 Å². The van der Waals surface area contributed by atoms with Gasteiger partial charge in [0.1, 0.15) is 17.3 Å². The van der Waals surface area contributed by atoms with Gasteiger partial charge in [-0.05, 0) is 98.7 Å². The minimum atomic E-state index is 0.489. The van der Waals surface area contributed by atoms with Gasteiger partial charge in [0.25, 0.3) is 0 Å². The van der Waals surface area contributed by atoms with Crippen LogP contribution in [0.3, 0.4) is 0 Å². The predicted molar refractivity (Wildman–Crippen MR) is 209 cm³/mol. The Hall–Kier alpha value is -5.16. The smallest absolute Gasteiger partial charge is 0.137 e. The first-order valence-electron chi connectivity index (χ1n) is 19.0. The van der Waals surface area contributed by atoms with Crippen molar-refractivity contribution in [1.29, 1.82) is 0 Å². The Balaban J connectivity index is 1.17. The lowest BCUT2D eigenvalue weighted by Crippen LogP contribution is -2.12. The standard InChI is InChI=1S/C46H46N4O/c1-31-24-25-47-43(28-31)49-41-21-13-12-20-39(41)40-23-22-37(30-42(40)49)51-38-27-32(2)26-36(29-38)50-46(35-18-10-5-11-19-35)44(33-14-6-3-7-15-33)45(48-50)34-16-8-4-9-17-34/h3,6-7,12-15,20-30,34-35H,4-5,8-11,16-19H2,1-2H3. The molecule has 2 aliphatic carbocycles. The van der Waals surface area contributed by atoms with E-state index in [0.717, 1.165) is 39.6 Å². The van der Waals surface area contributed by atoms with E-state index in [1.165, 1.54) is 103 Å². The number of aromatic nitrogens is 4. The maximum absolute atomic E-state index is 6.79. The quantitative estimate of drug-likeness (QED) is 0.170. The molecule has 51 heavy (non-hydrogen) atoms. The highest BCUT2D eigenvalue weighted by atomic mass is 16.5.